The first kappa shape index (κ1) is 22.3. The molecule has 0 saturated heterocycles. The highest BCUT2D eigenvalue weighted by Gasteiger charge is 2.26. The van der Waals surface area contributed by atoms with Crippen molar-refractivity contribution in [3.63, 3.8) is 0 Å². The number of aromatic nitrogens is 1. The summed E-state index contributed by atoms with van der Waals surface area (Å²) >= 11 is 0.868. The van der Waals surface area contributed by atoms with E-state index in [-0.39, 0.29) is 19.8 Å². The summed E-state index contributed by atoms with van der Waals surface area (Å²) in [5.41, 5.74) is 1.30. The molecule has 0 aliphatic rings. The highest BCUT2D eigenvalue weighted by atomic mass is 32.2. The van der Waals surface area contributed by atoms with Gasteiger partial charge < -0.3 is 0 Å². The van der Waals surface area contributed by atoms with Crippen LogP contribution >= 0.6 is 11.3 Å². The molecule has 0 aliphatic carbocycles. The van der Waals surface area contributed by atoms with Crippen LogP contribution in [0, 0.1) is 11.6 Å². The first-order chi connectivity index (χ1) is 15.1. The van der Waals surface area contributed by atoms with Gasteiger partial charge in [0, 0.05) is 11.8 Å². The Morgan fingerprint density at radius 1 is 0.750 bits per heavy atom. The monoisotopic (exact) mass is 491 g/mol. The van der Waals surface area contributed by atoms with Gasteiger partial charge in [-0.1, -0.05) is 30.3 Å². The van der Waals surface area contributed by atoms with Crippen molar-refractivity contribution in [2.45, 2.75) is 14.1 Å². The van der Waals surface area contributed by atoms with Crippen molar-refractivity contribution in [3.8, 4) is 21.7 Å². The lowest BCUT2D eigenvalue weighted by Crippen LogP contribution is -2.02. The molecule has 0 aliphatic heterocycles. The SMILES string of the molecule is CS(=O)(=O)c1ccc(-c2nc(S(=O)(=O)c3cccc(F)c3)sc2-c2ccc(F)cc2)cc1. The van der Waals surface area contributed by atoms with E-state index in [1.54, 1.807) is 0 Å². The molecule has 3 aromatic carbocycles. The standard InChI is InChI=1S/C22H15F2NO4S3/c1-31(26,27)18-11-7-14(8-12-18)20-21(15-5-9-16(23)10-6-15)30-22(25-20)32(28,29)19-4-2-3-17(24)13-19/h2-13H,1H3. The Balaban J connectivity index is 1.91. The van der Waals surface area contributed by atoms with Gasteiger partial charge in [0.15, 0.2) is 9.84 Å². The third-order valence-corrected chi connectivity index (χ3v) is 8.97. The zero-order valence-corrected chi connectivity index (χ0v) is 18.9. The third-order valence-electron chi connectivity index (χ3n) is 4.61. The minimum atomic E-state index is -4.12. The summed E-state index contributed by atoms with van der Waals surface area (Å²) in [5, 5.41) is 0. The van der Waals surface area contributed by atoms with Crippen molar-refractivity contribution in [1.82, 2.24) is 4.98 Å². The lowest BCUT2D eigenvalue weighted by molar-refractivity contribution is 0.590. The molecular weight excluding hydrogens is 476 g/mol. The first-order valence-electron chi connectivity index (χ1n) is 9.13. The normalized spacial score (nSPS) is 12.1. The molecule has 10 heteroatoms. The van der Waals surface area contributed by atoms with Crippen LogP contribution < -0.4 is 0 Å². The molecule has 0 amide bonds. The van der Waals surface area contributed by atoms with Crippen molar-refractivity contribution < 1.29 is 25.6 Å². The molecule has 32 heavy (non-hydrogen) atoms. The van der Waals surface area contributed by atoms with Gasteiger partial charge in [-0.2, -0.15) is 0 Å². The molecule has 1 heterocycles. The van der Waals surface area contributed by atoms with Gasteiger partial charge in [-0.25, -0.2) is 30.6 Å². The van der Waals surface area contributed by atoms with Gasteiger partial charge in [0.2, 0.25) is 14.2 Å². The van der Waals surface area contributed by atoms with E-state index in [1.807, 2.05) is 0 Å². The van der Waals surface area contributed by atoms with Gasteiger partial charge in [-0.15, -0.1) is 11.3 Å². The van der Waals surface area contributed by atoms with Crippen LogP contribution in [0.1, 0.15) is 0 Å². The second-order valence-electron chi connectivity index (χ2n) is 6.92. The van der Waals surface area contributed by atoms with Crippen LogP contribution in [0.3, 0.4) is 0 Å². The molecule has 0 saturated carbocycles. The molecule has 0 atom stereocenters. The molecule has 0 radical (unpaired) electrons. The summed E-state index contributed by atoms with van der Waals surface area (Å²) in [6.45, 7) is 0. The van der Waals surface area contributed by atoms with Gasteiger partial charge in [0.1, 0.15) is 11.6 Å². The number of hydrogen-bond acceptors (Lipinski definition) is 6. The fraction of sp³-hybridized carbons (Fsp3) is 0.0455. The summed E-state index contributed by atoms with van der Waals surface area (Å²) in [7, 11) is -7.54. The van der Waals surface area contributed by atoms with Crippen LogP contribution in [0.4, 0.5) is 8.78 Å². The van der Waals surface area contributed by atoms with E-state index in [0.717, 1.165) is 29.7 Å². The molecular formula is C22H15F2NO4S3. The largest absolute Gasteiger partial charge is 0.233 e. The molecule has 1 aromatic heterocycles. The fourth-order valence-electron chi connectivity index (χ4n) is 3.00. The zero-order valence-electron chi connectivity index (χ0n) is 16.5. The molecule has 4 aromatic rings. The van der Waals surface area contributed by atoms with Gasteiger partial charge >= 0.3 is 0 Å². The summed E-state index contributed by atoms with van der Waals surface area (Å²) < 4.78 is 76.5. The minimum absolute atomic E-state index is 0.104. The molecule has 164 valence electrons. The molecule has 5 nitrogen and oxygen atoms in total. The van der Waals surface area contributed by atoms with Gasteiger partial charge in [0.05, 0.1) is 20.4 Å². The Labute approximate surface area is 187 Å². The molecule has 0 unspecified atom stereocenters. The van der Waals surface area contributed by atoms with Gasteiger partial charge in [0.25, 0.3) is 0 Å². The number of hydrogen-bond donors (Lipinski definition) is 0. The average Bonchev–Trinajstić information content (AvgIpc) is 3.20. The van der Waals surface area contributed by atoms with E-state index in [0.29, 0.717) is 16.0 Å². The van der Waals surface area contributed by atoms with Gasteiger partial charge in [-0.3, -0.25) is 0 Å². The van der Waals surface area contributed by atoms with E-state index in [1.165, 1.54) is 60.7 Å². The quantitative estimate of drug-likeness (QED) is 0.393. The first-order valence-corrected chi connectivity index (χ1v) is 13.3. The lowest BCUT2D eigenvalue weighted by atomic mass is 10.1. The maximum atomic E-state index is 13.6. The fourth-order valence-corrected chi connectivity index (χ4v) is 6.38. The Morgan fingerprint density at radius 2 is 1.38 bits per heavy atom. The number of thiazole rings is 1. The Morgan fingerprint density at radius 3 is 1.97 bits per heavy atom. The van der Waals surface area contributed by atoms with E-state index in [9.17, 15) is 25.6 Å². The van der Waals surface area contributed by atoms with Crippen LogP contribution in [0.25, 0.3) is 21.7 Å². The van der Waals surface area contributed by atoms with E-state index in [2.05, 4.69) is 4.98 Å². The molecule has 0 bridgehead atoms. The highest BCUT2D eigenvalue weighted by Crippen LogP contribution is 2.40. The van der Waals surface area contributed by atoms with Crippen molar-refractivity contribution in [1.29, 1.82) is 0 Å². The smallest absolute Gasteiger partial charge is 0.224 e. The summed E-state index contributed by atoms with van der Waals surface area (Å²) in [6.07, 6.45) is 1.08. The van der Waals surface area contributed by atoms with Gasteiger partial charge in [-0.05, 0) is 48.0 Å². The second-order valence-corrected chi connectivity index (χ2v) is 12.1. The van der Waals surface area contributed by atoms with Crippen molar-refractivity contribution in [2.24, 2.45) is 0 Å². The molecule has 4 rings (SSSR count). The topological polar surface area (TPSA) is 81.2 Å². The Bertz CT molecular complexity index is 1510. The van der Waals surface area contributed by atoms with E-state index >= 15 is 0 Å². The van der Waals surface area contributed by atoms with E-state index in [4.69, 9.17) is 0 Å². The van der Waals surface area contributed by atoms with Crippen molar-refractivity contribution in [2.75, 3.05) is 6.26 Å². The summed E-state index contributed by atoms with van der Waals surface area (Å²) in [4.78, 5) is 4.63. The number of sulfone groups is 2. The van der Waals surface area contributed by atoms with Crippen LogP contribution in [-0.2, 0) is 19.7 Å². The minimum Gasteiger partial charge on any atom is -0.224 e. The highest BCUT2D eigenvalue weighted by molar-refractivity contribution is 7.93. The predicted molar refractivity (Wildman–Crippen MR) is 118 cm³/mol. The Kier molecular flexibility index (Phi) is 5.70. The second kappa shape index (κ2) is 8.19. The lowest BCUT2D eigenvalue weighted by Gasteiger charge is -2.04. The van der Waals surface area contributed by atoms with Crippen LogP contribution in [0.15, 0.2) is 86.9 Å². The third kappa shape index (κ3) is 4.34. The number of nitrogens with zero attached hydrogens (tertiary/aromatic N) is 1. The van der Waals surface area contributed by atoms with Crippen LogP contribution in [0.5, 0.6) is 0 Å². The molecule has 0 fully saturated rings. The van der Waals surface area contributed by atoms with Crippen LogP contribution in [0.2, 0.25) is 0 Å². The Hall–Kier alpha value is -2.95. The average molecular weight is 492 g/mol. The molecule has 0 spiro atoms. The number of halogens is 2. The van der Waals surface area contributed by atoms with E-state index < -0.39 is 31.3 Å². The number of rotatable bonds is 5. The maximum absolute atomic E-state index is 13.6. The molecule has 0 N–H and O–H groups in total. The maximum Gasteiger partial charge on any atom is 0.233 e. The van der Waals surface area contributed by atoms with Crippen molar-refractivity contribution >= 4 is 31.0 Å². The number of benzene rings is 3. The summed E-state index contributed by atoms with van der Waals surface area (Å²) in [5.74, 6) is -1.15. The van der Waals surface area contributed by atoms with Crippen molar-refractivity contribution in [3.05, 3.63) is 84.4 Å². The van der Waals surface area contributed by atoms with Crippen LogP contribution in [-0.4, -0.2) is 28.1 Å². The predicted octanol–water partition coefficient (Wildman–Crippen LogP) is 4.99. The summed E-state index contributed by atoms with van der Waals surface area (Å²) in [6, 6.07) is 15.9. The zero-order chi connectivity index (χ0) is 23.1.